The minimum Gasteiger partial charge on any atom is -0.368 e. The van der Waals surface area contributed by atoms with Gasteiger partial charge in [0.2, 0.25) is 5.91 Å². The fourth-order valence-corrected chi connectivity index (χ4v) is 1.25. The van der Waals surface area contributed by atoms with Gasteiger partial charge in [-0.05, 0) is 19.1 Å². The lowest BCUT2D eigenvalue weighted by molar-refractivity contribution is -0.118. The van der Waals surface area contributed by atoms with Crippen molar-refractivity contribution in [3.8, 4) is 0 Å². The number of pyridine rings is 1. The Hall–Kier alpha value is -2.11. The Morgan fingerprint density at radius 3 is 2.56 bits per heavy atom. The number of H-pyrrole nitrogens is 1. The molecular weight excluding hydrogens is 210 g/mol. The minimum absolute atomic E-state index is 0.00523. The summed E-state index contributed by atoms with van der Waals surface area (Å²) in [6, 6.07) is 3.04. The molecule has 3 N–H and O–H groups in total. The van der Waals surface area contributed by atoms with Gasteiger partial charge in [-0.1, -0.05) is 0 Å². The van der Waals surface area contributed by atoms with Crippen LogP contribution in [-0.2, 0) is 4.79 Å². The highest BCUT2D eigenvalue weighted by Crippen LogP contribution is 1.98. The van der Waals surface area contributed by atoms with Crippen molar-refractivity contribution >= 4 is 11.8 Å². The number of primary amides is 1. The fourth-order valence-electron chi connectivity index (χ4n) is 1.25. The van der Waals surface area contributed by atoms with Crippen LogP contribution in [0.2, 0.25) is 0 Å². The summed E-state index contributed by atoms with van der Waals surface area (Å²) in [5, 5.41) is 0. The molecule has 0 saturated heterocycles. The van der Waals surface area contributed by atoms with Crippen LogP contribution in [0.3, 0.4) is 0 Å². The van der Waals surface area contributed by atoms with E-state index in [-0.39, 0.29) is 12.1 Å². The molecule has 0 spiro atoms. The first-order valence-electron chi connectivity index (χ1n) is 4.65. The maximum Gasteiger partial charge on any atom is 0.260 e. The van der Waals surface area contributed by atoms with Gasteiger partial charge in [-0.3, -0.25) is 14.4 Å². The molecule has 0 aliphatic heterocycles. The molecule has 0 aromatic carbocycles. The molecule has 1 heterocycles. The van der Waals surface area contributed by atoms with E-state index in [0.29, 0.717) is 5.69 Å². The first-order chi connectivity index (χ1) is 7.41. The van der Waals surface area contributed by atoms with Gasteiger partial charge in [-0.2, -0.15) is 0 Å². The number of carbonyl (C=O) groups is 2. The number of hydrogen-bond acceptors (Lipinski definition) is 3. The van der Waals surface area contributed by atoms with Gasteiger partial charge in [-0.25, -0.2) is 0 Å². The predicted molar refractivity (Wildman–Crippen MR) is 58.0 cm³/mol. The van der Waals surface area contributed by atoms with Crippen LogP contribution in [-0.4, -0.2) is 35.3 Å². The quantitative estimate of drug-likeness (QED) is 0.705. The van der Waals surface area contributed by atoms with Gasteiger partial charge in [0.05, 0.1) is 6.54 Å². The second kappa shape index (κ2) is 4.61. The number of hydrogen-bond donors (Lipinski definition) is 2. The summed E-state index contributed by atoms with van der Waals surface area (Å²) in [6.45, 7) is 1.49. The van der Waals surface area contributed by atoms with Gasteiger partial charge in [0.25, 0.3) is 11.5 Å². The zero-order chi connectivity index (χ0) is 12.3. The Kier molecular flexibility index (Phi) is 3.44. The molecule has 0 bridgehead atoms. The lowest BCUT2D eigenvalue weighted by Crippen LogP contribution is -2.37. The van der Waals surface area contributed by atoms with Crippen molar-refractivity contribution in [3.63, 3.8) is 0 Å². The van der Waals surface area contributed by atoms with Crippen LogP contribution in [0.25, 0.3) is 0 Å². The van der Waals surface area contributed by atoms with Crippen molar-refractivity contribution in [3.05, 3.63) is 33.7 Å². The highest BCUT2D eigenvalue weighted by Gasteiger charge is 2.16. The maximum atomic E-state index is 11.7. The summed E-state index contributed by atoms with van der Waals surface area (Å²) < 4.78 is 0. The molecule has 86 valence electrons. The minimum atomic E-state index is -0.626. The maximum absolute atomic E-state index is 11.7. The van der Waals surface area contributed by atoms with Crippen LogP contribution < -0.4 is 11.3 Å². The average molecular weight is 223 g/mol. The summed E-state index contributed by atoms with van der Waals surface area (Å²) in [6.07, 6.45) is 0. The van der Waals surface area contributed by atoms with E-state index in [0.717, 1.165) is 4.90 Å². The van der Waals surface area contributed by atoms with E-state index in [2.05, 4.69) is 4.98 Å². The van der Waals surface area contributed by atoms with Gasteiger partial charge in [0, 0.05) is 12.7 Å². The van der Waals surface area contributed by atoms with Crippen LogP contribution >= 0.6 is 0 Å². The van der Waals surface area contributed by atoms with Gasteiger partial charge in [-0.15, -0.1) is 0 Å². The van der Waals surface area contributed by atoms with Gasteiger partial charge in [0.15, 0.2) is 0 Å². The van der Waals surface area contributed by atoms with Crippen LogP contribution in [0.5, 0.6) is 0 Å². The van der Waals surface area contributed by atoms with E-state index in [1.54, 1.807) is 13.0 Å². The van der Waals surface area contributed by atoms with Gasteiger partial charge in [0.1, 0.15) is 5.56 Å². The third-order valence-corrected chi connectivity index (χ3v) is 2.03. The van der Waals surface area contributed by atoms with Crippen molar-refractivity contribution in [2.45, 2.75) is 6.92 Å². The third kappa shape index (κ3) is 2.69. The summed E-state index contributed by atoms with van der Waals surface area (Å²) in [4.78, 5) is 37.4. The van der Waals surface area contributed by atoms with E-state index in [4.69, 9.17) is 5.73 Å². The number of aryl methyl sites for hydroxylation is 1. The largest absolute Gasteiger partial charge is 0.368 e. The molecule has 0 fully saturated rings. The highest BCUT2D eigenvalue weighted by molar-refractivity contribution is 5.95. The lowest BCUT2D eigenvalue weighted by atomic mass is 10.2. The average Bonchev–Trinajstić information content (AvgIpc) is 2.15. The second-order valence-corrected chi connectivity index (χ2v) is 3.51. The van der Waals surface area contributed by atoms with E-state index in [1.165, 1.54) is 13.1 Å². The predicted octanol–water partition coefficient (Wildman–Crippen LogP) is -0.759. The third-order valence-electron chi connectivity index (χ3n) is 2.03. The van der Waals surface area contributed by atoms with Crippen molar-refractivity contribution < 1.29 is 9.59 Å². The van der Waals surface area contributed by atoms with Crippen LogP contribution in [0.15, 0.2) is 16.9 Å². The lowest BCUT2D eigenvalue weighted by Gasteiger charge is -2.14. The van der Waals surface area contributed by atoms with E-state index >= 15 is 0 Å². The summed E-state index contributed by atoms with van der Waals surface area (Å²) in [5.41, 5.74) is 5.14. The summed E-state index contributed by atoms with van der Waals surface area (Å²) in [5.74, 6) is -1.15. The van der Waals surface area contributed by atoms with Crippen LogP contribution in [0.1, 0.15) is 16.1 Å². The van der Waals surface area contributed by atoms with Crippen molar-refractivity contribution in [1.82, 2.24) is 9.88 Å². The molecule has 6 heteroatoms. The molecule has 0 unspecified atom stereocenters. The Labute approximate surface area is 92.1 Å². The molecular formula is C10H13N3O3. The molecule has 0 aliphatic carbocycles. The smallest absolute Gasteiger partial charge is 0.260 e. The first kappa shape index (κ1) is 12.0. The standard InChI is InChI=1S/C10H13N3O3/c1-6-3-4-7(9(15)12-6)10(16)13(2)5-8(11)14/h3-4H,5H2,1-2H3,(H2,11,14)(H,12,15). The van der Waals surface area contributed by atoms with Crippen LogP contribution in [0.4, 0.5) is 0 Å². The molecule has 0 aliphatic rings. The Morgan fingerprint density at radius 1 is 1.44 bits per heavy atom. The number of nitrogens with two attached hydrogens (primary N) is 1. The number of nitrogens with one attached hydrogen (secondary N) is 1. The molecule has 0 atom stereocenters. The number of nitrogens with zero attached hydrogens (tertiary/aromatic N) is 1. The number of aromatic amines is 1. The molecule has 0 radical (unpaired) electrons. The number of carbonyl (C=O) groups excluding carboxylic acids is 2. The van der Waals surface area contributed by atoms with Crippen molar-refractivity contribution in [2.75, 3.05) is 13.6 Å². The molecule has 2 amide bonds. The topological polar surface area (TPSA) is 96.3 Å². The monoisotopic (exact) mass is 223 g/mol. The molecule has 16 heavy (non-hydrogen) atoms. The van der Waals surface area contributed by atoms with Crippen molar-refractivity contribution in [2.24, 2.45) is 5.73 Å². The van der Waals surface area contributed by atoms with E-state index in [1.807, 2.05) is 0 Å². The highest BCUT2D eigenvalue weighted by atomic mass is 16.2. The Morgan fingerprint density at radius 2 is 2.06 bits per heavy atom. The van der Waals surface area contributed by atoms with Gasteiger partial charge >= 0.3 is 0 Å². The fraction of sp³-hybridized carbons (Fsp3) is 0.300. The van der Waals surface area contributed by atoms with Crippen molar-refractivity contribution in [1.29, 1.82) is 0 Å². The molecule has 1 rings (SSSR count). The molecule has 0 saturated carbocycles. The van der Waals surface area contributed by atoms with Gasteiger partial charge < -0.3 is 15.6 Å². The SMILES string of the molecule is Cc1ccc(C(=O)N(C)CC(N)=O)c(=O)[nH]1. The zero-order valence-corrected chi connectivity index (χ0v) is 9.11. The number of likely N-dealkylation sites (N-methyl/N-ethyl adjacent to an activating group) is 1. The Bertz CT molecular complexity index is 478. The summed E-state index contributed by atoms with van der Waals surface area (Å²) in [7, 11) is 1.41. The number of rotatable bonds is 3. The first-order valence-corrected chi connectivity index (χ1v) is 4.65. The molecule has 1 aromatic rings. The molecule has 1 aromatic heterocycles. The van der Waals surface area contributed by atoms with E-state index < -0.39 is 17.4 Å². The second-order valence-electron chi connectivity index (χ2n) is 3.51. The van der Waals surface area contributed by atoms with Crippen LogP contribution in [0, 0.1) is 6.92 Å². The number of aromatic nitrogens is 1. The van der Waals surface area contributed by atoms with E-state index in [9.17, 15) is 14.4 Å². The Balaban J connectivity index is 2.97. The summed E-state index contributed by atoms with van der Waals surface area (Å²) >= 11 is 0. The molecule has 6 nitrogen and oxygen atoms in total. The zero-order valence-electron chi connectivity index (χ0n) is 9.11. The number of amides is 2. The normalized spacial score (nSPS) is 9.88.